The van der Waals surface area contributed by atoms with Crippen LogP contribution in [0.5, 0.6) is 0 Å². The average molecular weight is 292 g/mol. The maximum Gasteiger partial charge on any atom is 0.417 e. The topological polar surface area (TPSA) is 39.2 Å². The molecule has 19 heavy (non-hydrogen) atoms. The number of rotatable bonds is 2. The Balaban J connectivity index is 2.82. The molecule has 102 valence electrons. The van der Waals surface area contributed by atoms with Gasteiger partial charge in [0.2, 0.25) is 0 Å². The third kappa shape index (κ3) is 4.79. The van der Waals surface area contributed by atoms with Gasteiger partial charge in [-0.05, 0) is 18.9 Å². The lowest BCUT2D eigenvalue weighted by molar-refractivity contribution is -0.142. The van der Waals surface area contributed by atoms with E-state index in [1.165, 1.54) is 0 Å². The number of esters is 1. The molecule has 0 aliphatic rings. The summed E-state index contributed by atoms with van der Waals surface area (Å²) < 4.78 is 41.7. The van der Waals surface area contributed by atoms with Crippen LogP contribution in [0, 0.1) is 11.8 Å². The highest BCUT2D eigenvalue weighted by molar-refractivity contribution is 6.31. The smallest absolute Gasteiger partial charge is 0.417 e. The molecule has 0 N–H and O–H groups in total. The van der Waals surface area contributed by atoms with Crippen LogP contribution >= 0.6 is 11.6 Å². The molecule has 0 amide bonds. The van der Waals surface area contributed by atoms with Crippen LogP contribution in [-0.4, -0.2) is 17.6 Å². The lowest BCUT2D eigenvalue weighted by atomic mass is 10.2. The van der Waals surface area contributed by atoms with Crippen molar-refractivity contribution in [1.29, 1.82) is 0 Å². The van der Waals surface area contributed by atoms with E-state index < -0.39 is 17.7 Å². The Hall–Kier alpha value is -1.74. The van der Waals surface area contributed by atoms with Crippen molar-refractivity contribution < 1.29 is 22.7 Å². The monoisotopic (exact) mass is 291 g/mol. The molecule has 1 rings (SSSR count). The molecule has 0 aromatic carbocycles. The van der Waals surface area contributed by atoms with Gasteiger partial charge in [-0.1, -0.05) is 17.5 Å². The van der Waals surface area contributed by atoms with Crippen molar-refractivity contribution >= 4 is 17.6 Å². The summed E-state index contributed by atoms with van der Waals surface area (Å²) >= 11 is 5.63. The number of halogens is 4. The van der Waals surface area contributed by atoms with Gasteiger partial charge in [0.15, 0.2) is 0 Å². The fourth-order valence-electron chi connectivity index (χ4n) is 1.10. The Labute approximate surface area is 112 Å². The van der Waals surface area contributed by atoms with Gasteiger partial charge in [-0.3, -0.25) is 4.79 Å². The van der Waals surface area contributed by atoms with Crippen molar-refractivity contribution in [3.05, 3.63) is 28.5 Å². The first-order valence-electron chi connectivity index (χ1n) is 5.21. The van der Waals surface area contributed by atoms with Gasteiger partial charge in [0.25, 0.3) is 0 Å². The van der Waals surface area contributed by atoms with Gasteiger partial charge in [-0.2, -0.15) is 13.2 Å². The Morgan fingerprint density at radius 2 is 2.21 bits per heavy atom. The number of carbonyl (C=O) groups excluding carboxylic acids is 1. The van der Waals surface area contributed by atoms with Crippen molar-refractivity contribution in [2.45, 2.75) is 19.5 Å². The molecule has 0 saturated carbocycles. The molecule has 0 aliphatic heterocycles. The fourth-order valence-corrected chi connectivity index (χ4v) is 1.31. The van der Waals surface area contributed by atoms with Crippen LogP contribution in [-0.2, 0) is 15.7 Å². The number of hydrogen-bond donors (Lipinski definition) is 0. The minimum absolute atomic E-state index is 0.0148. The zero-order valence-electron chi connectivity index (χ0n) is 9.84. The summed E-state index contributed by atoms with van der Waals surface area (Å²) in [5, 5.41) is -0.216. The molecule has 0 spiro atoms. The Morgan fingerprint density at radius 1 is 1.53 bits per heavy atom. The molecule has 1 heterocycles. The van der Waals surface area contributed by atoms with E-state index in [0.29, 0.717) is 6.20 Å². The van der Waals surface area contributed by atoms with Crippen molar-refractivity contribution in [2.24, 2.45) is 0 Å². The number of pyridine rings is 1. The Kier molecular flexibility index (Phi) is 5.19. The highest BCUT2D eigenvalue weighted by Gasteiger charge is 2.31. The molecule has 0 saturated heterocycles. The van der Waals surface area contributed by atoms with Crippen LogP contribution in [0.2, 0.25) is 5.02 Å². The Bertz CT molecular complexity index is 532. The summed E-state index contributed by atoms with van der Waals surface area (Å²) in [7, 11) is 0. The lowest BCUT2D eigenvalue weighted by Crippen LogP contribution is -2.06. The largest absolute Gasteiger partial charge is 0.465 e. The predicted molar refractivity (Wildman–Crippen MR) is 62.4 cm³/mol. The SMILES string of the molecule is CCOC(=O)CC#Cc1ncc(C(F)(F)F)cc1Cl. The van der Waals surface area contributed by atoms with E-state index in [1.54, 1.807) is 6.92 Å². The number of aromatic nitrogens is 1. The lowest BCUT2D eigenvalue weighted by Gasteiger charge is -2.06. The van der Waals surface area contributed by atoms with E-state index in [0.717, 1.165) is 6.07 Å². The van der Waals surface area contributed by atoms with Gasteiger partial charge in [-0.15, -0.1) is 0 Å². The van der Waals surface area contributed by atoms with Gasteiger partial charge in [0.05, 0.1) is 17.2 Å². The van der Waals surface area contributed by atoms with Crippen LogP contribution < -0.4 is 0 Å². The first kappa shape index (κ1) is 15.3. The summed E-state index contributed by atoms with van der Waals surface area (Å²) in [6.07, 6.45) is -4.04. The molecule has 0 bridgehead atoms. The molecule has 3 nitrogen and oxygen atoms in total. The quantitative estimate of drug-likeness (QED) is 0.621. The zero-order chi connectivity index (χ0) is 14.5. The summed E-state index contributed by atoms with van der Waals surface area (Å²) in [4.78, 5) is 14.5. The zero-order valence-corrected chi connectivity index (χ0v) is 10.6. The summed E-state index contributed by atoms with van der Waals surface area (Å²) in [5.74, 6) is 4.34. The maximum atomic E-state index is 12.3. The van der Waals surface area contributed by atoms with Crippen molar-refractivity contribution in [3.8, 4) is 11.8 Å². The first-order valence-corrected chi connectivity index (χ1v) is 5.59. The highest BCUT2D eigenvalue weighted by Crippen LogP contribution is 2.30. The minimum Gasteiger partial charge on any atom is -0.465 e. The van der Waals surface area contributed by atoms with Gasteiger partial charge in [0, 0.05) is 6.20 Å². The fraction of sp³-hybridized carbons (Fsp3) is 0.333. The number of nitrogens with zero attached hydrogens (tertiary/aromatic N) is 1. The number of ether oxygens (including phenoxy) is 1. The van der Waals surface area contributed by atoms with Crippen molar-refractivity contribution in [3.63, 3.8) is 0 Å². The molecular formula is C12H9ClF3NO2. The van der Waals surface area contributed by atoms with E-state index in [2.05, 4.69) is 21.6 Å². The normalized spacial score (nSPS) is 10.6. The van der Waals surface area contributed by atoms with Crippen LogP contribution in [0.4, 0.5) is 13.2 Å². The van der Waals surface area contributed by atoms with E-state index >= 15 is 0 Å². The number of carbonyl (C=O) groups is 1. The number of alkyl halides is 3. The molecule has 1 aromatic heterocycles. The molecule has 0 atom stereocenters. The van der Waals surface area contributed by atoms with Crippen LogP contribution in [0.1, 0.15) is 24.6 Å². The van der Waals surface area contributed by atoms with Crippen molar-refractivity contribution in [1.82, 2.24) is 4.98 Å². The standard InChI is InChI=1S/C12H9ClF3NO2/c1-2-19-11(18)5-3-4-10-9(13)6-8(7-17-10)12(14,15)16/h6-7H,2,5H2,1H3. The molecule has 0 fully saturated rings. The van der Waals surface area contributed by atoms with E-state index in [4.69, 9.17) is 11.6 Å². The number of hydrogen-bond acceptors (Lipinski definition) is 3. The average Bonchev–Trinajstić information content (AvgIpc) is 2.30. The second-order valence-corrected chi connectivity index (χ2v) is 3.74. The van der Waals surface area contributed by atoms with Crippen LogP contribution in [0.3, 0.4) is 0 Å². The molecule has 0 unspecified atom stereocenters. The molecule has 7 heteroatoms. The van der Waals surface area contributed by atoms with E-state index in [1.807, 2.05) is 0 Å². The second kappa shape index (κ2) is 6.43. The van der Waals surface area contributed by atoms with Gasteiger partial charge >= 0.3 is 12.1 Å². The van der Waals surface area contributed by atoms with Gasteiger partial charge in [0.1, 0.15) is 12.1 Å². The second-order valence-electron chi connectivity index (χ2n) is 3.34. The third-order valence-electron chi connectivity index (χ3n) is 1.91. The van der Waals surface area contributed by atoms with E-state index in [-0.39, 0.29) is 23.7 Å². The van der Waals surface area contributed by atoms with Crippen LogP contribution in [0.25, 0.3) is 0 Å². The Morgan fingerprint density at radius 3 is 2.74 bits per heavy atom. The molecule has 1 aromatic rings. The predicted octanol–water partition coefficient (Wildman–Crippen LogP) is 3.06. The first-order chi connectivity index (χ1) is 8.84. The van der Waals surface area contributed by atoms with Crippen LogP contribution in [0.15, 0.2) is 12.3 Å². The molecular weight excluding hydrogens is 283 g/mol. The molecule has 0 aliphatic carbocycles. The summed E-state index contributed by atoms with van der Waals surface area (Å²) in [5.41, 5.74) is -0.965. The molecule has 0 radical (unpaired) electrons. The summed E-state index contributed by atoms with van der Waals surface area (Å²) in [6, 6.07) is 0.739. The van der Waals surface area contributed by atoms with Gasteiger partial charge in [-0.25, -0.2) is 4.98 Å². The maximum absolute atomic E-state index is 12.3. The van der Waals surface area contributed by atoms with Gasteiger partial charge < -0.3 is 4.74 Å². The van der Waals surface area contributed by atoms with E-state index in [9.17, 15) is 18.0 Å². The van der Waals surface area contributed by atoms with Crippen molar-refractivity contribution in [2.75, 3.05) is 6.61 Å². The minimum atomic E-state index is -4.51. The summed E-state index contributed by atoms with van der Waals surface area (Å²) in [6.45, 7) is 1.89. The third-order valence-corrected chi connectivity index (χ3v) is 2.20. The highest BCUT2D eigenvalue weighted by atomic mass is 35.5.